The second-order valence-corrected chi connectivity index (χ2v) is 11.1. The SMILES string of the molecule is Cn1cc(-c2cc(-c3ccc(N4CCN(C(=O)OC(C)(C)C)CC4)nc3)c3c(C4CC4)cnn3c2)cn1. The number of pyridine rings is 2. The molecular formula is C28H33N7O2. The van der Waals surface area contributed by atoms with Gasteiger partial charge in [0.1, 0.15) is 11.4 Å². The number of hydrogen-bond donors (Lipinski definition) is 0. The van der Waals surface area contributed by atoms with Gasteiger partial charge in [0.25, 0.3) is 0 Å². The van der Waals surface area contributed by atoms with Crippen LogP contribution in [0.4, 0.5) is 10.6 Å². The van der Waals surface area contributed by atoms with Gasteiger partial charge in [-0.05, 0) is 57.7 Å². The Morgan fingerprint density at radius 1 is 0.946 bits per heavy atom. The van der Waals surface area contributed by atoms with E-state index in [2.05, 4.69) is 34.4 Å². The smallest absolute Gasteiger partial charge is 0.410 e. The number of aromatic nitrogens is 5. The summed E-state index contributed by atoms with van der Waals surface area (Å²) >= 11 is 0. The molecule has 9 nitrogen and oxygen atoms in total. The van der Waals surface area contributed by atoms with Gasteiger partial charge in [-0.25, -0.2) is 14.3 Å². The van der Waals surface area contributed by atoms with Gasteiger partial charge in [-0.1, -0.05) is 0 Å². The third kappa shape index (κ3) is 4.77. The van der Waals surface area contributed by atoms with Crippen LogP contribution in [0.15, 0.2) is 49.2 Å². The number of aryl methyl sites for hydroxylation is 1. The summed E-state index contributed by atoms with van der Waals surface area (Å²) in [5.41, 5.74) is 6.32. The molecule has 6 rings (SSSR count). The maximum atomic E-state index is 12.4. The molecule has 9 heteroatoms. The first-order chi connectivity index (χ1) is 17.7. The standard InChI is InChI=1S/C28H33N7O2/c1-28(2,3)37-27(36)34-11-9-33(10-12-34)25-8-7-20(14-29-25)23-13-21(22-15-30-32(4)17-22)18-35-26(23)24(16-31-35)19-5-6-19/h7-8,13-19H,5-6,9-12H2,1-4H3. The molecule has 1 amide bonds. The van der Waals surface area contributed by atoms with Crippen molar-refractivity contribution in [1.82, 2.24) is 29.3 Å². The first-order valence-corrected chi connectivity index (χ1v) is 12.9. The maximum Gasteiger partial charge on any atom is 0.410 e. The van der Waals surface area contributed by atoms with E-state index in [-0.39, 0.29) is 6.09 Å². The third-order valence-electron chi connectivity index (χ3n) is 7.01. The Labute approximate surface area is 216 Å². The van der Waals surface area contributed by atoms with Crippen LogP contribution in [0.3, 0.4) is 0 Å². The first-order valence-electron chi connectivity index (χ1n) is 12.9. The first kappa shape index (κ1) is 23.5. The summed E-state index contributed by atoms with van der Waals surface area (Å²) in [6.07, 6.45) is 12.2. The summed E-state index contributed by atoms with van der Waals surface area (Å²) in [7, 11) is 1.93. The number of carbonyl (C=O) groups is 1. The average Bonchev–Trinajstić information content (AvgIpc) is 3.48. The fraction of sp³-hybridized carbons (Fsp3) is 0.429. The van der Waals surface area contributed by atoms with Crippen LogP contribution in [-0.2, 0) is 11.8 Å². The molecule has 4 aromatic heterocycles. The van der Waals surface area contributed by atoms with E-state index >= 15 is 0 Å². The lowest BCUT2D eigenvalue weighted by atomic mass is 10.00. The molecule has 1 saturated carbocycles. The highest BCUT2D eigenvalue weighted by Gasteiger charge is 2.29. The van der Waals surface area contributed by atoms with E-state index in [0.29, 0.717) is 19.0 Å². The molecule has 1 saturated heterocycles. The topological polar surface area (TPSA) is 80.8 Å². The average molecular weight is 500 g/mol. The molecule has 1 aliphatic heterocycles. The fourth-order valence-corrected chi connectivity index (χ4v) is 4.96. The van der Waals surface area contributed by atoms with Crippen LogP contribution in [-0.4, -0.2) is 67.2 Å². The van der Waals surface area contributed by atoms with Crippen molar-refractivity contribution in [2.75, 3.05) is 31.1 Å². The molecule has 0 radical (unpaired) electrons. The predicted octanol–water partition coefficient (Wildman–Crippen LogP) is 4.73. The number of nitrogens with zero attached hydrogens (tertiary/aromatic N) is 7. The minimum Gasteiger partial charge on any atom is -0.444 e. The van der Waals surface area contributed by atoms with Crippen molar-refractivity contribution in [3.8, 4) is 22.3 Å². The molecular weight excluding hydrogens is 466 g/mol. The summed E-state index contributed by atoms with van der Waals surface area (Å²) in [4.78, 5) is 21.2. The highest BCUT2D eigenvalue weighted by molar-refractivity contribution is 5.86. The molecule has 4 aromatic rings. The molecule has 2 aliphatic rings. The molecule has 5 heterocycles. The van der Waals surface area contributed by atoms with Gasteiger partial charge in [0.15, 0.2) is 0 Å². The van der Waals surface area contributed by atoms with Crippen molar-refractivity contribution in [1.29, 1.82) is 0 Å². The quantitative estimate of drug-likeness (QED) is 0.404. The Bertz CT molecular complexity index is 1440. The molecule has 37 heavy (non-hydrogen) atoms. The van der Waals surface area contributed by atoms with Crippen LogP contribution in [0.1, 0.15) is 45.1 Å². The Morgan fingerprint density at radius 2 is 1.73 bits per heavy atom. The van der Waals surface area contributed by atoms with E-state index in [1.54, 1.807) is 4.90 Å². The van der Waals surface area contributed by atoms with Gasteiger partial charge in [-0.2, -0.15) is 10.2 Å². The number of carbonyl (C=O) groups excluding carboxylic acids is 1. The number of hydrogen-bond acceptors (Lipinski definition) is 6. The van der Waals surface area contributed by atoms with Gasteiger partial charge in [0.05, 0.1) is 17.9 Å². The van der Waals surface area contributed by atoms with E-state index < -0.39 is 5.60 Å². The van der Waals surface area contributed by atoms with Crippen molar-refractivity contribution in [2.45, 2.75) is 45.1 Å². The minimum absolute atomic E-state index is 0.250. The summed E-state index contributed by atoms with van der Waals surface area (Å²) in [5, 5.41) is 9.06. The van der Waals surface area contributed by atoms with E-state index in [9.17, 15) is 4.79 Å². The minimum atomic E-state index is -0.486. The number of ether oxygens (including phenoxy) is 1. The number of fused-ring (bicyclic) bond motifs is 1. The molecule has 0 atom stereocenters. The normalized spacial score (nSPS) is 16.4. The third-order valence-corrected chi connectivity index (χ3v) is 7.01. The number of anilines is 1. The summed E-state index contributed by atoms with van der Waals surface area (Å²) in [5.74, 6) is 1.51. The van der Waals surface area contributed by atoms with E-state index in [0.717, 1.165) is 46.7 Å². The highest BCUT2D eigenvalue weighted by atomic mass is 16.6. The fourth-order valence-electron chi connectivity index (χ4n) is 4.96. The molecule has 0 unspecified atom stereocenters. The van der Waals surface area contributed by atoms with Crippen LogP contribution < -0.4 is 4.90 Å². The predicted molar refractivity (Wildman–Crippen MR) is 143 cm³/mol. The summed E-state index contributed by atoms with van der Waals surface area (Å²) in [6.45, 7) is 8.36. The van der Waals surface area contributed by atoms with Crippen LogP contribution in [0.5, 0.6) is 0 Å². The van der Waals surface area contributed by atoms with E-state index in [1.807, 2.05) is 61.8 Å². The van der Waals surface area contributed by atoms with Gasteiger partial charge < -0.3 is 14.5 Å². The molecule has 0 aromatic carbocycles. The van der Waals surface area contributed by atoms with E-state index in [4.69, 9.17) is 14.8 Å². The highest BCUT2D eigenvalue weighted by Crippen LogP contribution is 2.44. The Hall–Kier alpha value is -3.88. The Morgan fingerprint density at radius 3 is 2.35 bits per heavy atom. The zero-order chi connectivity index (χ0) is 25.7. The number of amides is 1. The van der Waals surface area contributed by atoms with Gasteiger partial charge >= 0.3 is 6.09 Å². The van der Waals surface area contributed by atoms with Crippen molar-refractivity contribution in [2.24, 2.45) is 7.05 Å². The molecule has 0 bridgehead atoms. The van der Waals surface area contributed by atoms with Crippen LogP contribution in [0.2, 0.25) is 0 Å². The molecule has 0 spiro atoms. The lowest BCUT2D eigenvalue weighted by molar-refractivity contribution is 0.0240. The monoisotopic (exact) mass is 499 g/mol. The summed E-state index contributed by atoms with van der Waals surface area (Å²) in [6, 6.07) is 6.46. The van der Waals surface area contributed by atoms with Crippen molar-refractivity contribution >= 4 is 17.4 Å². The molecule has 1 aliphatic carbocycles. The van der Waals surface area contributed by atoms with Crippen LogP contribution >= 0.6 is 0 Å². The van der Waals surface area contributed by atoms with Gasteiger partial charge in [-0.3, -0.25) is 4.68 Å². The number of rotatable bonds is 4. The van der Waals surface area contributed by atoms with Crippen molar-refractivity contribution < 1.29 is 9.53 Å². The Balaban J connectivity index is 1.26. The Kier molecular flexibility index (Phi) is 5.66. The zero-order valence-electron chi connectivity index (χ0n) is 21.9. The van der Waals surface area contributed by atoms with Crippen molar-refractivity contribution in [3.63, 3.8) is 0 Å². The second kappa shape index (κ2) is 8.90. The van der Waals surface area contributed by atoms with Gasteiger partial charge in [0, 0.05) is 79.6 Å². The van der Waals surface area contributed by atoms with Gasteiger partial charge in [0.2, 0.25) is 0 Å². The molecule has 2 fully saturated rings. The van der Waals surface area contributed by atoms with E-state index in [1.165, 1.54) is 18.4 Å². The van der Waals surface area contributed by atoms with Crippen LogP contribution in [0, 0.1) is 0 Å². The van der Waals surface area contributed by atoms with Gasteiger partial charge in [-0.15, -0.1) is 0 Å². The zero-order valence-corrected chi connectivity index (χ0v) is 21.9. The lowest BCUT2D eigenvalue weighted by Gasteiger charge is -2.36. The maximum absolute atomic E-state index is 12.4. The molecule has 0 N–H and O–H groups in total. The van der Waals surface area contributed by atoms with Crippen LogP contribution in [0.25, 0.3) is 27.8 Å². The number of piperazine rings is 1. The second-order valence-electron chi connectivity index (χ2n) is 11.1. The van der Waals surface area contributed by atoms with Crippen molar-refractivity contribution in [3.05, 3.63) is 54.7 Å². The largest absolute Gasteiger partial charge is 0.444 e. The molecule has 192 valence electrons. The summed E-state index contributed by atoms with van der Waals surface area (Å²) < 4.78 is 9.35. The lowest BCUT2D eigenvalue weighted by Crippen LogP contribution is -2.50.